The van der Waals surface area contributed by atoms with Crippen LogP contribution in [0.3, 0.4) is 0 Å². The van der Waals surface area contributed by atoms with Crippen LogP contribution in [-0.4, -0.2) is 53.3 Å². The fraction of sp³-hybridized carbons (Fsp3) is 0.250. The summed E-state index contributed by atoms with van der Waals surface area (Å²) in [5.74, 6) is 0. The van der Waals surface area contributed by atoms with E-state index in [1.807, 2.05) is 29.8 Å². The predicted molar refractivity (Wildman–Crippen MR) is 130 cm³/mol. The second kappa shape index (κ2) is 8.11. The van der Waals surface area contributed by atoms with Crippen LogP contribution in [0.1, 0.15) is 10.4 Å². The lowest BCUT2D eigenvalue weighted by atomic mass is 10.1. The summed E-state index contributed by atoms with van der Waals surface area (Å²) in [4.78, 5) is 11.8. The van der Waals surface area contributed by atoms with Crippen molar-refractivity contribution in [3.63, 3.8) is 0 Å². The molecule has 0 unspecified atom stereocenters. The first-order valence-corrected chi connectivity index (χ1v) is 11.2. The van der Waals surface area contributed by atoms with Crippen molar-refractivity contribution in [2.45, 2.75) is 6.42 Å². The Hall–Kier alpha value is -2.67. The molecule has 0 bridgehead atoms. The van der Waals surface area contributed by atoms with Gasteiger partial charge >= 0.3 is 0 Å². The SMILES string of the molecule is CN1CCN(c2ccc(-c3n[nH]c4c3Cc3sc(-c5cccnc5)cc3-4)cc2)CC1.Cl. The van der Waals surface area contributed by atoms with Crippen molar-refractivity contribution in [1.29, 1.82) is 0 Å². The second-order valence-corrected chi connectivity index (χ2v) is 9.27. The van der Waals surface area contributed by atoms with Crippen molar-refractivity contribution in [2.24, 2.45) is 0 Å². The number of fused-ring (bicyclic) bond motifs is 3. The summed E-state index contributed by atoms with van der Waals surface area (Å²) in [6.45, 7) is 4.43. The number of H-pyrrole nitrogens is 1. The van der Waals surface area contributed by atoms with Gasteiger partial charge in [0.05, 0.1) is 11.4 Å². The fourth-order valence-electron chi connectivity index (χ4n) is 4.48. The molecular formula is C24H24ClN5S. The van der Waals surface area contributed by atoms with Gasteiger partial charge in [0, 0.05) is 82.7 Å². The van der Waals surface area contributed by atoms with E-state index < -0.39 is 0 Å². The minimum Gasteiger partial charge on any atom is -0.369 e. The van der Waals surface area contributed by atoms with Crippen molar-refractivity contribution < 1.29 is 0 Å². The number of pyridine rings is 1. The number of hydrogen-bond acceptors (Lipinski definition) is 5. The molecule has 1 fully saturated rings. The summed E-state index contributed by atoms with van der Waals surface area (Å²) < 4.78 is 0. The molecule has 0 amide bonds. The molecule has 1 aromatic carbocycles. The van der Waals surface area contributed by atoms with E-state index in [2.05, 4.69) is 68.4 Å². The van der Waals surface area contributed by atoms with Gasteiger partial charge in [0.25, 0.3) is 0 Å². The van der Waals surface area contributed by atoms with Crippen molar-refractivity contribution in [2.75, 3.05) is 38.1 Å². The third kappa shape index (κ3) is 3.55. The topological polar surface area (TPSA) is 48.0 Å². The van der Waals surface area contributed by atoms with Crippen molar-refractivity contribution in [3.8, 4) is 33.0 Å². The van der Waals surface area contributed by atoms with Crippen LogP contribution < -0.4 is 4.90 Å². The first-order chi connectivity index (χ1) is 14.8. The van der Waals surface area contributed by atoms with E-state index in [9.17, 15) is 0 Å². The number of hydrogen-bond donors (Lipinski definition) is 1. The number of piperazine rings is 1. The zero-order chi connectivity index (χ0) is 20.1. The van der Waals surface area contributed by atoms with Crippen LogP contribution in [0.15, 0.2) is 54.9 Å². The van der Waals surface area contributed by atoms with Crippen molar-refractivity contribution in [1.82, 2.24) is 20.1 Å². The van der Waals surface area contributed by atoms with E-state index in [0.29, 0.717) is 0 Å². The number of benzene rings is 1. The predicted octanol–water partition coefficient (Wildman–Crippen LogP) is 4.95. The van der Waals surface area contributed by atoms with Gasteiger partial charge in [-0.05, 0) is 31.3 Å². The van der Waals surface area contributed by atoms with E-state index in [-0.39, 0.29) is 12.4 Å². The fourth-order valence-corrected chi connectivity index (χ4v) is 5.64. The number of likely N-dealkylation sites (N-methyl/N-ethyl adjacent to an activating group) is 1. The molecule has 0 saturated carbocycles. The number of anilines is 1. The Balaban J connectivity index is 0.00000204. The van der Waals surface area contributed by atoms with E-state index in [4.69, 9.17) is 0 Å². The maximum atomic E-state index is 4.69. The normalized spacial score (nSPS) is 15.5. The Morgan fingerprint density at radius 2 is 1.81 bits per heavy atom. The molecular weight excluding hydrogens is 426 g/mol. The molecule has 7 heteroatoms. The third-order valence-electron chi connectivity index (χ3n) is 6.24. The molecule has 3 aromatic heterocycles. The number of thiophene rings is 1. The van der Waals surface area contributed by atoms with E-state index in [1.54, 1.807) is 0 Å². The molecule has 1 saturated heterocycles. The van der Waals surface area contributed by atoms with Crippen LogP contribution in [0, 0.1) is 0 Å². The Labute approximate surface area is 192 Å². The Bertz CT molecular complexity index is 1190. The summed E-state index contributed by atoms with van der Waals surface area (Å²) in [6, 6.07) is 15.3. The van der Waals surface area contributed by atoms with Crippen LogP contribution in [0.5, 0.6) is 0 Å². The van der Waals surface area contributed by atoms with E-state index in [0.717, 1.165) is 38.3 Å². The van der Waals surface area contributed by atoms with Crippen LogP contribution in [0.2, 0.25) is 0 Å². The highest BCUT2D eigenvalue weighted by atomic mass is 35.5. The maximum absolute atomic E-state index is 4.69. The molecule has 4 heterocycles. The number of aromatic amines is 1. The van der Waals surface area contributed by atoms with Crippen LogP contribution >= 0.6 is 23.7 Å². The molecule has 0 radical (unpaired) electrons. The van der Waals surface area contributed by atoms with Crippen LogP contribution in [-0.2, 0) is 6.42 Å². The Kier molecular flexibility index (Phi) is 5.30. The molecule has 31 heavy (non-hydrogen) atoms. The molecule has 1 aliphatic heterocycles. The summed E-state index contributed by atoms with van der Waals surface area (Å²) in [7, 11) is 2.19. The van der Waals surface area contributed by atoms with Gasteiger partial charge in [-0.15, -0.1) is 23.7 Å². The molecule has 0 spiro atoms. The van der Waals surface area contributed by atoms with Gasteiger partial charge in [-0.1, -0.05) is 18.2 Å². The number of nitrogens with zero attached hydrogens (tertiary/aromatic N) is 4. The van der Waals surface area contributed by atoms with Crippen molar-refractivity contribution in [3.05, 3.63) is 65.3 Å². The standard InChI is InChI=1S/C24H23N5S.ClH/c1-28-9-11-29(12-10-28)18-6-4-16(5-7-18)23-20-14-22-19(24(20)27-26-23)13-21(30-22)17-3-2-8-25-15-17;/h2-8,13,15H,9-12,14H2,1H3,(H,26,27);1H. The maximum Gasteiger partial charge on any atom is 0.0962 e. The molecule has 6 rings (SSSR count). The van der Waals surface area contributed by atoms with Gasteiger partial charge < -0.3 is 9.80 Å². The molecule has 4 aromatic rings. The first kappa shape index (κ1) is 20.2. The van der Waals surface area contributed by atoms with Gasteiger partial charge in [0.1, 0.15) is 0 Å². The van der Waals surface area contributed by atoms with Gasteiger partial charge in [-0.3, -0.25) is 10.1 Å². The first-order valence-electron chi connectivity index (χ1n) is 10.4. The molecule has 1 N–H and O–H groups in total. The highest BCUT2D eigenvalue weighted by Gasteiger charge is 2.28. The minimum atomic E-state index is 0. The lowest BCUT2D eigenvalue weighted by molar-refractivity contribution is 0.313. The molecule has 1 aliphatic carbocycles. The number of nitrogens with one attached hydrogen (secondary N) is 1. The minimum absolute atomic E-state index is 0. The molecule has 158 valence electrons. The molecule has 0 atom stereocenters. The largest absolute Gasteiger partial charge is 0.369 e. The molecule has 5 nitrogen and oxygen atoms in total. The summed E-state index contributed by atoms with van der Waals surface area (Å²) >= 11 is 1.86. The number of halogens is 1. The van der Waals surface area contributed by atoms with Gasteiger partial charge in [0.2, 0.25) is 0 Å². The van der Waals surface area contributed by atoms with Gasteiger partial charge in [0.15, 0.2) is 0 Å². The zero-order valence-electron chi connectivity index (χ0n) is 17.3. The van der Waals surface area contributed by atoms with Gasteiger partial charge in [-0.25, -0.2) is 0 Å². The van der Waals surface area contributed by atoms with Crippen LogP contribution in [0.4, 0.5) is 5.69 Å². The van der Waals surface area contributed by atoms with Crippen LogP contribution in [0.25, 0.3) is 33.0 Å². The summed E-state index contributed by atoms with van der Waals surface area (Å²) in [5.41, 5.74) is 8.55. The highest BCUT2D eigenvalue weighted by Crippen LogP contribution is 2.46. The highest BCUT2D eigenvalue weighted by molar-refractivity contribution is 7.16. The average Bonchev–Trinajstić information content (AvgIpc) is 3.46. The smallest absolute Gasteiger partial charge is 0.0962 e. The van der Waals surface area contributed by atoms with Crippen molar-refractivity contribution >= 4 is 29.4 Å². The monoisotopic (exact) mass is 449 g/mol. The van der Waals surface area contributed by atoms with E-state index >= 15 is 0 Å². The van der Waals surface area contributed by atoms with Gasteiger partial charge in [-0.2, -0.15) is 5.10 Å². The third-order valence-corrected chi connectivity index (χ3v) is 7.42. The summed E-state index contributed by atoms with van der Waals surface area (Å²) in [6.07, 6.45) is 4.70. The quantitative estimate of drug-likeness (QED) is 0.423. The second-order valence-electron chi connectivity index (χ2n) is 8.13. The number of aromatic nitrogens is 3. The zero-order valence-corrected chi connectivity index (χ0v) is 19.0. The Morgan fingerprint density at radius 3 is 2.55 bits per heavy atom. The average molecular weight is 450 g/mol. The lowest BCUT2D eigenvalue weighted by Gasteiger charge is -2.34. The number of rotatable bonds is 3. The van der Waals surface area contributed by atoms with E-state index in [1.165, 1.54) is 43.4 Å². The Morgan fingerprint density at radius 1 is 1.00 bits per heavy atom. The summed E-state index contributed by atoms with van der Waals surface area (Å²) in [5, 5.41) is 8.00. The molecule has 2 aliphatic rings. The lowest BCUT2D eigenvalue weighted by Crippen LogP contribution is -2.44.